The van der Waals surface area contributed by atoms with E-state index in [1.165, 1.54) is 0 Å². The van der Waals surface area contributed by atoms with Gasteiger partial charge in [0.05, 0.1) is 11.7 Å². The molecule has 0 amide bonds. The Bertz CT molecular complexity index is 288. The summed E-state index contributed by atoms with van der Waals surface area (Å²) in [7, 11) is 1.67. The van der Waals surface area contributed by atoms with E-state index in [1.54, 1.807) is 19.5 Å². The van der Waals surface area contributed by atoms with E-state index in [0.717, 1.165) is 18.4 Å². The molecule has 16 heavy (non-hydrogen) atoms. The van der Waals surface area contributed by atoms with Crippen LogP contribution in [0.3, 0.4) is 0 Å². The van der Waals surface area contributed by atoms with Gasteiger partial charge in [0, 0.05) is 25.9 Å². The van der Waals surface area contributed by atoms with Gasteiger partial charge >= 0.3 is 0 Å². The second-order valence-corrected chi connectivity index (χ2v) is 4.05. The number of hydrogen-bond donors (Lipinski definition) is 1. The van der Waals surface area contributed by atoms with E-state index in [-0.39, 0.29) is 0 Å². The molecule has 1 unspecified atom stereocenters. The number of aliphatic hydroxyl groups excluding tert-OH is 1. The molecule has 0 aliphatic heterocycles. The van der Waals surface area contributed by atoms with Gasteiger partial charge in [-0.1, -0.05) is 13.8 Å². The van der Waals surface area contributed by atoms with Crippen molar-refractivity contribution in [2.75, 3.05) is 7.11 Å². The van der Waals surface area contributed by atoms with E-state index in [1.807, 2.05) is 26.0 Å². The van der Waals surface area contributed by atoms with Crippen LogP contribution in [0.4, 0.5) is 0 Å². The van der Waals surface area contributed by atoms with Crippen molar-refractivity contribution in [1.29, 1.82) is 0 Å². The van der Waals surface area contributed by atoms with Gasteiger partial charge in [0.2, 0.25) is 0 Å². The number of aliphatic hydroxyl groups is 1. The minimum atomic E-state index is -0.477. The monoisotopic (exact) mass is 223 g/mol. The predicted octanol–water partition coefficient (Wildman–Crippen LogP) is 2.19. The summed E-state index contributed by atoms with van der Waals surface area (Å²) in [4.78, 5) is 3.96. The van der Waals surface area contributed by atoms with Crippen LogP contribution < -0.4 is 0 Å². The molecule has 0 spiro atoms. The second-order valence-electron chi connectivity index (χ2n) is 4.05. The molecule has 1 aromatic rings. The lowest BCUT2D eigenvalue weighted by Crippen LogP contribution is -2.44. The Balaban J connectivity index is 2.73. The lowest BCUT2D eigenvalue weighted by molar-refractivity contribution is -0.106. The van der Waals surface area contributed by atoms with Gasteiger partial charge in [-0.15, -0.1) is 0 Å². The SMILES string of the molecule is CCC(CC)(OC)C(O)Cc1ccncc1. The standard InChI is InChI=1S/C13H21NO2/c1-4-13(5-2,16-3)12(15)10-11-6-8-14-9-7-11/h6-9,12,15H,4-5,10H2,1-3H3. The Hall–Kier alpha value is -0.930. The molecule has 1 heterocycles. The van der Waals surface area contributed by atoms with Crippen LogP contribution in [0.15, 0.2) is 24.5 Å². The summed E-state index contributed by atoms with van der Waals surface area (Å²) in [6.07, 6.45) is 5.24. The van der Waals surface area contributed by atoms with E-state index in [0.29, 0.717) is 6.42 Å². The van der Waals surface area contributed by atoms with Crippen molar-refractivity contribution in [1.82, 2.24) is 4.98 Å². The summed E-state index contributed by atoms with van der Waals surface area (Å²) in [6, 6.07) is 3.85. The summed E-state index contributed by atoms with van der Waals surface area (Å²) in [6.45, 7) is 4.09. The Morgan fingerprint density at radius 3 is 2.31 bits per heavy atom. The molecule has 0 aliphatic rings. The fraction of sp³-hybridized carbons (Fsp3) is 0.615. The summed E-state index contributed by atoms with van der Waals surface area (Å²) < 4.78 is 5.50. The van der Waals surface area contributed by atoms with Crippen molar-refractivity contribution in [3.8, 4) is 0 Å². The van der Waals surface area contributed by atoms with Crippen LogP contribution >= 0.6 is 0 Å². The first-order chi connectivity index (χ1) is 7.68. The Morgan fingerprint density at radius 2 is 1.88 bits per heavy atom. The molecular formula is C13H21NO2. The number of ether oxygens (including phenoxy) is 1. The lowest BCUT2D eigenvalue weighted by atomic mass is 9.87. The van der Waals surface area contributed by atoms with Crippen LogP contribution in [0.5, 0.6) is 0 Å². The number of aromatic nitrogens is 1. The number of nitrogens with zero attached hydrogens (tertiary/aromatic N) is 1. The minimum absolute atomic E-state index is 0.427. The van der Waals surface area contributed by atoms with Gasteiger partial charge in [0.15, 0.2) is 0 Å². The van der Waals surface area contributed by atoms with Crippen molar-refractivity contribution in [3.05, 3.63) is 30.1 Å². The molecule has 0 aromatic carbocycles. The van der Waals surface area contributed by atoms with Crippen molar-refractivity contribution in [2.45, 2.75) is 44.8 Å². The Labute approximate surface area is 97.5 Å². The Kier molecular flexibility index (Phi) is 4.90. The molecule has 3 nitrogen and oxygen atoms in total. The maximum Gasteiger partial charge on any atom is 0.0934 e. The summed E-state index contributed by atoms with van der Waals surface area (Å²) >= 11 is 0. The van der Waals surface area contributed by atoms with E-state index >= 15 is 0 Å². The zero-order chi connectivity index (χ0) is 12.0. The quantitative estimate of drug-likeness (QED) is 0.804. The van der Waals surface area contributed by atoms with Crippen LogP contribution in [0, 0.1) is 0 Å². The summed E-state index contributed by atoms with van der Waals surface area (Å²) in [5, 5.41) is 10.3. The lowest BCUT2D eigenvalue weighted by Gasteiger charge is -2.35. The highest BCUT2D eigenvalue weighted by atomic mass is 16.5. The number of rotatable bonds is 6. The number of hydrogen-bond acceptors (Lipinski definition) is 3. The third kappa shape index (κ3) is 2.80. The Morgan fingerprint density at radius 1 is 1.31 bits per heavy atom. The highest BCUT2D eigenvalue weighted by Gasteiger charge is 2.34. The van der Waals surface area contributed by atoms with Gasteiger partial charge in [-0.2, -0.15) is 0 Å². The van der Waals surface area contributed by atoms with E-state index in [9.17, 15) is 5.11 Å². The van der Waals surface area contributed by atoms with Gasteiger partial charge in [0.25, 0.3) is 0 Å². The zero-order valence-electron chi connectivity index (χ0n) is 10.3. The number of pyridine rings is 1. The van der Waals surface area contributed by atoms with Crippen LogP contribution in [-0.4, -0.2) is 28.9 Å². The molecule has 0 fully saturated rings. The molecule has 0 radical (unpaired) electrons. The van der Waals surface area contributed by atoms with Crippen molar-refractivity contribution in [3.63, 3.8) is 0 Å². The molecule has 3 heteroatoms. The fourth-order valence-corrected chi connectivity index (χ4v) is 2.07. The second kappa shape index (κ2) is 5.97. The van der Waals surface area contributed by atoms with Gasteiger partial charge < -0.3 is 9.84 Å². The first kappa shape index (κ1) is 13.1. The highest BCUT2D eigenvalue weighted by molar-refractivity contribution is 5.12. The third-order valence-electron chi connectivity index (χ3n) is 3.39. The third-order valence-corrected chi connectivity index (χ3v) is 3.39. The van der Waals surface area contributed by atoms with Crippen molar-refractivity contribution in [2.24, 2.45) is 0 Å². The molecule has 0 bridgehead atoms. The minimum Gasteiger partial charge on any atom is -0.390 e. The first-order valence-electron chi connectivity index (χ1n) is 5.80. The molecule has 1 aromatic heterocycles. The molecule has 1 rings (SSSR count). The van der Waals surface area contributed by atoms with Crippen molar-refractivity contribution >= 4 is 0 Å². The molecule has 0 saturated carbocycles. The van der Waals surface area contributed by atoms with Gasteiger partial charge in [-0.05, 0) is 30.5 Å². The first-order valence-corrected chi connectivity index (χ1v) is 5.80. The summed E-state index contributed by atoms with van der Waals surface area (Å²) in [5.74, 6) is 0. The average Bonchev–Trinajstić information content (AvgIpc) is 2.33. The largest absolute Gasteiger partial charge is 0.390 e. The van der Waals surface area contributed by atoms with Crippen LogP contribution in [0.1, 0.15) is 32.3 Å². The smallest absolute Gasteiger partial charge is 0.0934 e. The molecule has 0 saturated heterocycles. The molecule has 90 valence electrons. The highest BCUT2D eigenvalue weighted by Crippen LogP contribution is 2.26. The van der Waals surface area contributed by atoms with Gasteiger partial charge in [0.1, 0.15) is 0 Å². The van der Waals surface area contributed by atoms with Crippen LogP contribution in [0.25, 0.3) is 0 Å². The van der Waals surface area contributed by atoms with E-state index in [4.69, 9.17) is 4.74 Å². The molecule has 0 aliphatic carbocycles. The van der Waals surface area contributed by atoms with Gasteiger partial charge in [-0.25, -0.2) is 0 Å². The molecular weight excluding hydrogens is 202 g/mol. The molecule has 1 N–H and O–H groups in total. The zero-order valence-corrected chi connectivity index (χ0v) is 10.3. The van der Waals surface area contributed by atoms with Crippen molar-refractivity contribution < 1.29 is 9.84 Å². The number of methoxy groups -OCH3 is 1. The maximum absolute atomic E-state index is 10.3. The van der Waals surface area contributed by atoms with E-state index < -0.39 is 11.7 Å². The van der Waals surface area contributed by atoms with Crippen LogP contribution in [-0.2, 0) is 11.2 Å². The normalized spacial score (nSPS) is 13.8. The fourth-order valence-electron chi connectivity index (χ4n) is 2.07. The summed E-state index contributed by atoms with van der Waals surface area (Å²) in [5.41, 5.74) is 0.661. The van der Waals surface area contributed by atoms with Gasteiger partial charge in [-0.3, -0.25) is 4.98 Å². The molecule has 1 atom stereocenters. The maximum atomic E-state index is 10.3. The average molecular weight is 223 g/mol. The van der Waals surface area contributed by atoms with E-state index in [2.05, 4.69) is 4.98 Å². The predicted molar refractivity (Wildman–Crippen MR) is 64.3 cm³/mol. The topological polar surface area (TPSA) is 42.4 Å². The van der Waals surface area contributed by atoms with Crippen LogP contribution in [0.2, 0.25) is 0 Å².